The number of halogens is 5. The number of rotatable bonds is 7. The average molecular weight is 439 g/mol. The summed E-state index contributed by atoms with van der Waals surface area (Å²) in [5.41, 5.74) is 0. The standard InChI is InChI=1S/C7H10F2O3.C4H6O3.C3H3BrF2/c1-3-7(8,9)5(10)6(11)12-4-2;1-2-7-4(6)3-5;1-2-3(4,5)6/h3,5,10H,1,4H2,2H3;3H,2H2,1H3;2H,1H2. The Kier molecular flexibility index (Phi) is 16.4. The summed E-state index contributed by atoms with van der Waals surface area (Å²) in [6.07, 6.45) is -1.60. The topological polar surface area (TPSA) is 89.9 Å². The summed E-state index contributed by atoms with van der Waals surface area (Å²) in [5, 5.41) is 8.68. The molecule has 1 N–H and O–H groups in total. The summed E-state index contributed by atoms with van der Waals surface area (Å²) in [6, 6.07) is 0. The first-order chi connectivity index (χ1) is 11.3. The highest BCUT2D eigenvalue weighted by Crippen LogP contribution is 2.21. The summed E-state index contributed by atoms with van der Waals surface area (Å²) in [5.74, 6) is -5.78. The number of aliphatic hydroxyl groups is 1. The van der Waals surface area contributed by atoms with Crippen LogP contribution in [-0.4, -0.2) is 53.4 Å². The van der Waals surface area contributed by atoms with E-state index in [0.717, 1.165) is 0 Å². The molecule has 0 amide bonds. The first kappa shape index (κ1) is 28.1. The number of alkyl halides is 5. The zero-order valence-electron chi connectivity index (χ0n) is 13.5. The van der Waals surface area contributed by atoms with Crippen LogP contribution in [0.3, 0.4) is 0 Å². The van der Waals surface area contributed by atoms with Crippen LogP contribution >= 0.6 is 15.9 Å². The van der Waals surface area contributed by atoms with Gasteiger partial charge in [0, 0.05) is 0 Å². The molecule has 0 saturated heterocycles. The number of esters is 2. The molecule has 1 unspecified atom stereocenters. The molecule has 1 atom stereocenters. The molecule has 0 spiro atoms. The zero-order valence-corrected chi connectivity index (χ0v) is 15.1. The monoisotopic (exact) mass is 438 g/mol. The van der Waals surface area contributed by atoms with E-state index >= 15 is 0 Å². The zero-order chi connectivity index (χ0) is 20.7. The predicted molar refractivity (Wildman–Crippen MR) is 84.6 cm³/mol. The van der Waals surface area contributed by atoms with E-state index in [9.17, 15) is 31.9 Å². The third-order valence-electron chi connectivity index (χ3n) is 1.76. The van der Waals surface area contributed by atoms with Crippen LogP contribution in [-0.2, 0) is 23.9 Å². The number of ether oxygens (including phenoxy) is 2. The molecule has 0 fully saturated rings. The molecule has 0 rings (SSSR count). The molecule has 146 valence electrons. The third kappa shape index (κ3) is 18.4. The van der Waals surface area contributed by atoms with Crippen molar-refractivity contribution >= 4 is 34.2 Å². The normalized spacial score (nSPS) is 11.4. The van der Waals surface area contributed by atoms with Crippen LogP contribution in [0, 0.1) is 0 Å². The molecule has 0 saturated carbocycles. The number of aliphatic hydroxyl groups excluding tert-OH is 1. The Morgan fingerprint density at radius 2 is 1.52 bits per heavy atom. The van der Waals surface area contributed by atoms with Crippen LogP contribution in [0.5, 0.6) is 0 Å². The van der Waals surface area contributed by atoms with Crippen molar-refractivity contribution < 1.29 is 46.5 Å². The molecule has 0 radical (unpaired) electrons. The number of allylic oxidation sites excluding steroid dienone is 1. The van der Waals surface area contributed by atoms with Crippen molar-refractivity contribution in [3.8, 4) is 0 Å². The van der Waals surface area contributed by atoms with Crippen LogP contribution in [0.4, 0.5) is 17.6 Å². The first-order valence-electron chi connectivity index (χ1n) is 6.51. The van der Waals surface area contributed by atoms with Crippen LogP contribution in [0.25, 0.3) is 0 Å². The number of hydrogen-bond acceptors (Lipinski definition) is 6. The maximum absolute atomic E-state index is 12.5. The smallest absolute Gasteiger partial charge is 0.371 e. The lowest BCUT2D eigenvalue weighted by molar-refractivity contribution is -0.168. The van der Waals surface area contributed by atoms with Gasteiger partial charge in [0.05, 0.1) is 13.2 Å². The minimum absolute atomic E-state index is 0.0525. The third-order valence-corrected chi connectivity index (χ3v) is 2.08. The van der Waals surface area contributed by atoms with E-state index in [1.807, 2.05) is 15.9 Å². The van der Waals surface area contributed by atoms with Crippen molar-refractivity contribution in [1.29, 1.82) is 0 Å². The highest BCUT2D eigenvalue weighted by molar-refractivity contribution is 9.10. The maximum atomic E-state index is 12.5. The summed E-state index contributed by atoms with van der Waals surface area (Å²) in [4.78, 5) is 26.9. The highest BCUT2D eigenvalue weighted by Gasteiger charge is 2.41. The van der Waals surface area contributed by atoms with E-state index in [-0.39, 0.29) is 25.6 Å². The van der Waals surface area contributed by atoms with Gasteiger partial charge in [-0.2, -0.15) is 17.6 Å². The molecule has 0 aliphatic heterocycles. The summed E-state index contributed by atoms with van der Waals surface area (Å²) in [6.45, 7) is 8.92. The molecule has 0 heterocycles. The number of carbonyl (C=O) groups is 3. The molecule has 0 aliphatic rings. The largest absolute Gasteiger partial charge is 0.464 e. The van der Waals surface area contributed by atoms with Crippen molar-refractivity contribution in [3.63, 3.8) is 0 Å². The quantitative estimate of drug-likeness (QED) is 0.164. The van der Waals surface area contributed by atoms with Gasteiger partial charge in [0.15, 0.2) is 0 Å². The van der Waals surface area contributed by atoms with Gasteiger partial charge >= 0.3 is 22.7 Å². The van der Waals surface area contributed by atoms with E-state index in [1.54, 1.807) is 6.92 Å². The molecule has 0 aromatic rings. The van der Waals surface area contributed by atoms with Gasteiger partial charge in [-0.25, -0.2) is 9.59 Å². The second-order valence-electron chi connectivity index (χ2n) is 3.65. The molecule has 6 nitrogen and oxygen atoms in total. The fourth-order valence-corrected chi connectivity index (χ4v) is 0.666. The predicted octanol–water partition coefficient (Wildman–Crippen LogP) is 2.64. The van der Waals surface area contributed by atoms with Gasteiger partial charge in [0.1, 0.15) is 0 Å². The van der Waals surface area contributed by atoms with E-state index in [1.165, 1.54) is 6.92 Å². The molecule has 0 aromatic heterocycles. The van der Waals surface area contributed by atoms with Gasteiger partial charge in [-0.1, -0.05) is 13.2 Å². The Labute approximate surface area is 150 Å². The van der Waals surface area contributed by atoms with Crippen LogP contribution in [0.15, 0.2) is 25.3 Å². The van der Waals surface area contributed by atoms with Crippen molar-refractivity contribution in [2.24, 2.45) is 0 Å². The van der Waals surface area contributed by atoms with Crippen molar-refractivity contribution in [3.05, 3.63) is 25.3 Å². The average Bonchev–Trinajstić information content (AvgIpc) is 2.55. The van der Waals surface area contributed by atoms with Crippen molar-refractivity contribution in [2.75, 3.05) is 13.2 Å². The van der Waals surface area contributed by atoms with Crippen LogP contribution in [0.1, 0.15) is 13.8 Å². The summed E-state index contributed by atoms with van der Waals surface area (Å²) in [7, 11) is 0. The van der Waals surface area contributed by atoms with Gasteiger partial charge in [-0.15, -0.1) is 0 Å². The second-order valence-corrected chi connectivity index (χ2v) is 4.71. The Bertz CT molecular complexity index is 438. The Morgan fingerprint density at radius 3 is 1.72 bits per heavy atom. The van der Waals surface area contributed by atoms with E-state index in [0.29, 0.717) is 6.08 Å². The Hall–Kier alpha value is -1.75. The molecule has 0 aromatic carbocycles. The molecule has 25 heavy (non-hydrogen) atoms. The number of aldehydes is 1. The van der Waals surface area contributed by atoms with Gasteiger partial charge in [-0.05, 0) is 41.9 Å². The van der Waals surface area contributed by atoms with Crippen LogP contribution < -0.4 is 0 Å². The molecular formula is C14H19BrF4O6. The van der Waals surface area contributed by atoms with Crippen LogP contribution in [0.2, 0.25) is 0 Å². The first-order valence-corrected chi connectivity index (χ1v) is 7.30. The van der Waals surface area contributed by atoms with Crippen molar-refractivity contribution in [2.45, 2.75) is 30.7 Å². The van der Waals surface area contributed by atoms with E-state index < -0.39 is 28.8 Å². The second kappa shape index (κ2) is 14.6. The van der Waals surface area contributed by atoms with Crippen molar-refractivity contribution in [1.82, 2.24) is 0 Å². The molecule has 11 heteroatoms. The van der Waals surface area contributed by atoms with E-state index in [2.05, 4.69) is 22.6 Å². The lowest BCUT2D eigenvalue weighted by Gasteiger charge is -2.16. The summed E-state index contributed by atoms with van der Waals surface area (Å²) < 4.78 is 55.8. The molecule has 0 aliphatic carbocycles. The molecule has 0 bridgehead atoms. The number of hydrogen-bond donors (Lipinski definition) is 1. The SMILES string of the molecule is C=CC(F)(F)Br.C=CC(F)(F)C(O)C(=O)OCC.CCOC(=O)C=O. The molecular weight excluding hydrogens is 420 g/mol. The fraction of sp³-hybridized carbons (Fsp3) is 0.500. The minimum atomic E-state index is -3.63. The van der Waals surface area contributed by atoms with Gasteiger partial charge in [-0.3, -0.25) is 4.79 Å². The minimum Gasteiger partial charge on any atom is -0.464 e. The van der Waals surface area contributed by atoms with Gasteiger partial charge in [0.25, 0.3) is 0 Å². The Morgan fingerprint density at radius 1 is 1.12 bits per heavy atom. The maximum Gasteiger partial charge on any atom is 0.371 e. The highest BCUT2D eigenvalue weighted by atomic mass is 79.9. The van der Waals surface area contributed by atoms with Gasteiger partial charge in [0.2, 0.25) is 12.4 Å². The van der Waals surface area contributed by atoms with Gasteiger partial charge < -0.3 is 14.6 Å². The number of carbonyl (C=O) groups excluding carboxylic acids is 3. The summed E-state index contributed by atoms with van der Waals surface area (Å²) >= 11 is 2.03. The lowest BCUT2D eigenvalue weighted by atomic mass is 10.2. The lowest BCUT2D eigenvalue weighted by Crippen LogP contribution is -2.39. The Balaban J connectivity index is -0.000000317. The fourth-order valence-electron chi connectivity index (χ4n) is 0.666. The van der Waals surface area contributed by atoms with E-state index in [4.69, 9.17) is 5.11 Å².